The summed E-state index contributed by atoms with van der Waals surface area (Å²) in [5.41, 5.74) is 2.58. The zero-order valence-electron chi connectivity index (χ0n) is 19.4. The van der Waals surface area contributed by atoms with Crippen LogP contribution < -0.4 is 14.8 Å². The second kappa shape index (κ2) is 10.6. The van der Waals surface area contributed by atoms with Crippen molar-refractivity contribution in [3.05, 3.63) is 59.7 Å². The van der Waals surface area contributed by atoms with Crippen LogP contribution in [0.25, 0.3) is 0 Å². The van der Waals surface area contributed by atoms with Gasteiger partial charge in [-0.3, -0.25) is 14.6 Å². The Morgan fingerprint density at radius 2 is 1.70 bits per heavy atom. The number of hydrogen-bond acceptors (Lipinski definition) is 5. The maximum absolute atomic E-state index is 12.9. The molecule has 2 saturated heterocycles. The Labute approximate surface area is 196 Å². The van der Waals surface area contributed by atoms with Crippen LogP contribution in [0, 0.1) is 0 Å². The average molecular weight is 450 g/mol. The first-order valence-corrected chi connectivity index (χ1v) is 12.4. The van der Waals surface area contributed by atoms with Crippen molar-refractivity contribution < 1.29 is 14.3 Å². The quantitative estimate of drug-likeness (QED) is 0.728. The largest absolute Gasteiger partial charge is 0.490 e. The molecule has 0 aliphatic carbocycles. The van der Waals surface area contributed by atoms with Crippen LogP contribution in [-0.2, 0) is 11.3 Å². The van der Waals surface area contributed by atoms with Crippen LogP contribution in [0.15, 0.2) is 48.5 Å². The third-order valence-electron chi connectivity index (χ3n) is 7.07. The number of carbonyl (C=O) groups excluding carboxylic acids is 1. The van der Waals surface area contributed by atoms with Crippen LogP contribution in [-0.4, -0.2) is 61.1 Å². The topological polar surface area (TPSA) is 54.0 Å². The van der Waals surface area contributed by atoms with Crippen molar-refractivity contribution in [3.8, 4) is 11.5 Å². The zero-order chi connectivity index (χ0) is 22.5. The summed E-state index contributed by atoms with van der Waals surface area (Å²) in [6.45, 7) is 5.87. The van der Waals surface area contributed by atoms with Gasteiger partial charge in [-0.2, -0.15) is 0 Å². The lowest BCUT2D eigenvalue weighted by Crippen LogP contribution is -2.47. The number of hydrogen-bond donors (Lipinski definition) is 1. The molecule has 0 aromatic heterocycles. The molecule has 2 aromatic rings. The fourth-order valence-electron chi connectivity index (χ4n) is 5.31. The molecule has 1 N–H and O–H groups in total. The normalized spacial score (nSPS) is 22.1. The van der Waals surface area contributed by atoms with E-state index in [-0.39, 0.29) is 18.0 Å². The second-order valence-electron chi connectivity index (χ2n) is 9.49. The van der Waals surface area contributed by atoms with Crippen molar-refractivity contribution in [1.29, 1.82) is 0 Å². The Morgan fingerprint density at radius 1 is 0.909 bits per heavy atom. The first-order chi connectivity index (χ1) is 16.2. The predicted octanol–water partition coefficient (Wildman–Crippen LogP) is 3.77. The lowest BCUT2D eigenvalue weighted by Gasteiger charge is -2.33. The van der Waals surface area contributed by atoms with Gasteiger partial charge in [0.05, 0.1) is 19.8 Å². The Bertz CT molecular complexity index is 927. The maximum Gasteiger partial charge on any atom is 0.234 e. The molecule has 1 atom stereocenters. The van der Waals surface area contributed by atoms with E-state index in [1.165, 1.54) is 11.1 Å². The van der Waals surface area contributed by atoms with E-state index >= 15 is 0 Å². The Kier molecular flexibility index (Phi) is 7.12. The summed E-state index contributed by atoms with van der Waals surface area (Å²) >= 11 is 0. The summed E-state index contributed by atoms with van der Waals surface area (Å²) in [5, 5.41) is 3.31. The summed E-state index contributed by atoms with van der Waals surface area (Å²) in [7, 11) is 0. The van der Waals surface area contributed by atoms with E-state index in [1.807, 2.05) is 6.07 Å². The SMILES string of the molecule is O=C(CN1CCC[C@H]1c1ccc2c(c1)OCCCO2)NC1CCN(Cc2ccccc2)CC1. The molecule has 2 aromatic carbocycles. The zero-order valence-corrected chi connectivity index (χ0v) is 19.4. The summed E-state index contributed by atoms with van der Waals surface area (Å²) in [6, 6.07) is 17.4. The number of nitrogens with zero attached hydrogens (tertiary/aromatic N) is 2. The molecule has 6 nitrogen and oxygen atoms in total. The van der Waals surface area contributed by atoms with Crippen LogP contribution in [0.1, 0.15) is 49.3 Å². The van der Waals surface area contributed by atoms with E-state index in [0.29, 0.717) is 19.8 Å². The molecule has 5 rings (SSSR count). The molecule has 0 unspecified atom stereocenters. The number of rotatable bonds is 6. The number of ether oxygens (including phenoxy) is 2. The lowest BCUT2D eigenvalue weighted by atomic mass is 10.0. The van der Waals surface area contributed by atoms with E-state index < -0.39 is 0 Å². The standard InChI is InChI=1S/C27H35N3O3/c31-27(28-23-11-14-29(15-12-23)19-21-6-2-1-3-7-21)20-30-13-4-8-24(30)22-9-10-25-26(18-22)33-17-5-16-32-25/h1-3,6-7,9-10,18,23-24H,4-5,8,11-17,19-20H2,(H,28,31)/t24-/m0/s1. The van der Waals surface area contributed by atoms with Gasteiger partial charge in [-0.25, -0.2) is 0 Å². The minimum Gasteiger partial charge on any atom is -0.490 e. The van der Waals surface area contributed by atoms with Crippen molar-refractivity contribution in [2.45, 2.75) is 50.7 Å². The van der Waals surface area contributed by atoms with Crippen LogP contribution in [0.2, 0.25) is 0 Å². The van der Waals surface area contributed by atoms with Gasteiger partial charge >= 0.3 is 0 Å². The molecule has 3 aliphatic heterocycles. The van der Waals surface area contributed by atoms with Crippen molar-refractivity contribution in [2.24, 2.45) is 0 Å². The number of fused-ring (bicyclic) bond motifs is 1. The number of carbonyl (C=O) groups is 1. The van der Waals surface area contributed by atoms with Crippen molar-refractivity contribution >= 4 is 5.91 Å². The van der Waals surface area contributed by atoms with Crippen molar-refractivity contribution in [2.75, 3.05) is 39.4 Å². The molecule has 3 heterocycles. The van der Waals surface area contributed by atoms with E-state index in [4.69, 9.17) is 9.47 Å². The van der Waals surface area contributed by atoms with E-state index in [2.05, 4.69) is 57.6 Å². The smallest absolute Gasteiger partial charge is 0.234 e. The third kappa shape index (κ3) is 5.68. The number of piperidine rings is 1. The summed E-state index contributed by atoms with van der Waals surface area (Å²) in [5.74, 6) is 1.82. The molecular weight excluding hydrogens is 414 g/mol. The molecule has 176 valence electrons. The van der Waals surface area contributed by atoms with Crippen molar-refractivity contribution in [1.82, 2.24) is 15.1 Å². The Morgan fingerprint density at radius 3 is 2.52 bits per heavy atom. The highest BCUT2D eigenvalue weighted by Gasteiger charge is 2.29. The number of amides is 1. The maximum atomic E-state index is 12.9. The van der Waals surface area contributed by atoms with Gasteiger partial charge in [-0.05, 0) is 55.5 Å². The summed E-state index contributed by atoms with van der Waals surface area (Å²) in [4.78, 5) is 17.7. The van der Waals surface area contributed by atoms with Gasteiger partial charge in [-0.1, -0.05) is 36.4 Å². The van der Waals surface area contributed by atoms with Gasteiger partial charge in [-0.15, -0.1) is 0 Å². The van der Waals surface area contributed by atoms with Gasteiger partial charge in [0.25, 0.3) is 0 Å². The number of nitrogens with one attached hydrogen (secondary N) is 1. The lowest BCUT2D eigenvalue weighted by molar-refractivity contribution is -0.123. The molecular formula is C27H35N3O3. The summed E-state index contributed by atoms with van der Waals surface area (Å²) in [6.07, 6.45) is 5.13. The summed E-state index contributed by atoms with van der Waals surface area (Å²) < 4.78 is 11.7. The predicted molar refractivity (Wildman–Crippen MR) is 128 cm³/mol. The van der Waals surface area contributed by atoms with E-state index in [1.54, 1.807) is 0 Å². The monoisotopic (exact) mass is 449 g/mol. The van der Waals surface area contributed by atoms with Crippen LogP contribution in [0.5, 0.6) is 11.5 Å². The van der Waals surface area contributed by atoms with Gasteiger partial charge < -0.3 is 14.8 Å². The van der Waals surface area contributed by atoms with Crippen LogP contribution in [0.3, 0.4) is 0 Å². The Hall–Kier alpha value is -2.57. The van der Waals surface area contributed by atoms with E-state index in [9.17, 15) is 4.79 Å². The van der Waals surface area contributed by atoms with Gasteiger partial charge in [0.15, 0.2) is 11.5 Å². The highest BCUT2D eigenvalue weighted by molar-refractivity contribution is 5.78. The molecule has 33 heavy (non-hydrogen) atoms. The fraction of sp³-hybridized carbons (Fsp3) is 0.519. The molecule has 0 spiro atoms. The van der Waals surface area contributed by atoms with E-state index in [0.717, 1.165) is 69.8 Å². The highest BCUT2D eigenvalue weighted by atomic mass is 16.5. The highest BCUT2D eigenvalue weighted by Crippen LogP contribution is 2.37. The third-order valence-corrected chi connectivity index (χ3v) is 7.07. The molecule has 6 heteroatoms. The minimum atomic E-state index is 0.151. The number of benzene rings is 2. The van der Waals surface area contributed by atoms with Crippen LogP contribution >= 0.6 is 0 Å². The van der Waals surface area contributed by atoms with Gasteiger partial charge in [0, 0.05) is 38.1 Å². The Balaban J connectivity index is 1.12. The fourth-order valence-corrected chi connectivity index (χ4v) is 5.31. The minimum absolute atomic E-state index is 0.151. The second-order valence-corrected chi connectivity index (χ2v) is 9.49. The van der Waals surface area contributed by atoms with Gasteiger partial charge in [0.1, 0.15) is 0 Å². The molecule has 0 bridgehead atoms. The number of likely N-dealkylation sites (tertiary alicyclic amines) is 2. The average Bonchev–Trinajstić information content (AvgIpc) is 3.16. The molecule has 3 aliphatic rings. The molecule has 0 saturated carbocycles. The first-order valence-electron chi connectivity index (χ1n) is 12.4. The van der Waals surface area contributed by atoms with Crippen LogP contribution in [0.4, 0.5) is 0 Å². The molecule has 1 amide bonds. The van der Waals surface area contributed by atoms with Crippen molar-refractivity contribution in [3.63, 3.8) is 0 Å². The first kappa shape index (κ1) is 22.2. The molecule has 0 radical (unpaired) electrons. The molecule has 2 fully saturated rings. The van der Waals surface area contributed by atoms with Gasteiger partial charge in [0.2, 0.25) is 5.91 Å².